The Bertz CT molecular complexity index is 1840. The Hall–Kier alpha value is -4.79. The number of aliphatic carboxylic acids is 1. The SMILES string of the molecule is C=Cc1c(C)c2cc3nc(c(C(=O)OC=O)c4nc(cc5[nH]c(cc1[nH]2)c(C)c5CC)C(C)=C4C)CC3C.CCC(=O)O. The third kappa shape index (κ3) is 5.93. The number of aromatic amines is 2. The Kier molecular flexibility index (Phi) is 9.13. The summed E-state index contributed by atoms with van der Waals surface area (Å²) in [6.07, 6.45) is 3.47. The quantitative estimate of drug-likeness (QED) is 0.164. The third-order valence-corrected chi connectivity index (χ3v) is 8.23. The van der Waals surface area contributed by atoms with E-state index in [-0.39, 0.29) is 24.4 Å². The molecule has 8 bridgehead atoms. The largest absolute Gasteiger partial charge is 0.481 e. The number of aromatic nitrogens is 4. The first-order chi connectivity index (χ1) is 20.4. The smallest absolute Gasteiger partial charge is 0.349 e. The molecule has 2 aliphatic rings. The van der Waals surface area contributed by atoms with E-state index in [0.29, 0.717) is 17.8 Å². The summed E-state index contributed by atoms with van der Waals surface area (Å²) in [5.74, 6) is -1.43. The van der Waals surface area contributed by atoms with Gasteiger partial charge in [0.1, 0.15) is 5.56 Å². The van der Waals surface area contributed by atoms with Crippen LogP contribution in [0.2, 0.25) is 0 Å². The maximum absolute atomic E-state index is 13.1. The monoisotopic (exact) mass is 582 g/mol. The standard InChI is InChI=1S/C31H32N4O3.C3H6O2/c1-8-20-18(6)24-11-22-15(3)10-28(32-22)29(31(37)38-14-36)30-17(5)16(4)23(35-30)12-26-21(9-2)19(7)25(34-26)13-27(20)33-24;1-2-3(4)5/h8,11-15,33-34H,1,9-10H2,2-7H3;2H2,1H3,(H,4,5). The van der Waals surface area contributed by atoms with Gasteiger partial charge in [-0.3, -0.25) is 14.6 Å². The fourth-order valence-electron chi connectivity index (χ4n) is 5.54. The van der Waals surface area contributed by atoms with Gasteiger partial charge in [0.2, 0.25) is 0 Å². The van der Waals surface area contributed by atoms with Crippen LogP contribution in [-0.4, -0.2) is 43.5 Å². The van der Waals surface area contributed by atoms with Gasteiger partial charge >= 0.3 is 18.4 Å². The minimum atomic E-state index is -0.745. The number of carbonyl (C=O) groups excluding carboxylic acids is 2. The Morgan fingerprint density at radius 1 is 1.00 bits per heavy atom. The summed E-state index contributed by atoms with van der Waals surface area (Å²) in [6, 6.07) is 6.21. The van der Waals surface area contributed by atoms with Gasteiger partial charge in [-0.15, -0.1) is 0 Å². The second-order valence-corrected chi connectivity index (χ2v) is 10.8. The van der Waals surface area contributed by atoms with Crippen LogP contribution in [0.25, 0.3) is 39.3 Å². The molecule has 0 aliphatic carbocycles. The van der Waals surface area contributed by atoms with Gasteiger partial charge in [-0.25, -0.2) is 9.78 Å². The van der Waals surface area contributed by atoms with E-state index in [4.69, 9.17) is 19.8 Å². The van der Waals surface area contributed by atoms with E-state index in [0.717, 1.165) is 62.1 Å². The first-order valence-electron chi connectivity index (χ1n) is 14.4. The molecule has 0 saturated carbocycles. The van der Waals surface area contributed by atoms with Crippen molar-refractivity contribution in [3.8, 4) is 0 Å². The third-order valence-electron chi connectivity index (χ3n) is 8.23. The average Bonchev–Trinajstić information content (AvgIpc) is 3.65. The second-order valence-electron chi connectivity index (χ2n) is 10.8. The van der Waals surface area contributed by atoms with Gasteiger partial charge in [-0.1, -0.05) is 33.4 Å². The topological polar surface area (TPSA) is 138 Å². The fraction of sp³-hybridized carbons (Fsp3) is 0.324. The number of carbonyl (C=O) groups is 3. The minimum absolute atomic E-state index is 0.0596. The van der Waals surface area contributed by atoms with Gasteiger partial charge in [-0.2, -0.15) is 0 Å². The number of H-pyrrole nitrogens is 2. The molecule has 1 unspecified atom stereocenters. The number of fused-ring (bicyclic) bond motifs is 8. The highest BCUT2D eigenvalue weighted by atomic mass is 16.6. The molecule has 3 N–H and O–H groups in total. The number of hydrogen-bond donors (Lipinski definition) is 3. The van der Waals surface area contributed by atoms with Crippen LogP contribution in [0.15, 0.2) is 24.8 Å². The number of carboxylic acids is 1. The highest BCUT2D eigenvalue weighted by molar-refractivity contribution is 6.02. The first-order valence-corrected chi connectivity index (χ1v) is 14.4. The highest BCUT2D eigenvalue weighted by Gasteiger charge is 2.28. The van der Waals surface area contributed by atoms with E-state index >= 15 is 0 Å². The molecular weight excluding hydrogens is 544 g/mol. The lowest BCUT2D eigenvalue weighted by Gasteiger charge is -2.05. The van der Waals surface area contributed by atoms with Crippen LogP contribution in [0.1, 0.15) is 102 Å². The van der Waals surface area contributed by atoms with Crippen molar-refractivity contribution in [2.24, 2.45) is 0 Å². The zero-order valence-corrected chi connectivity index (χ0v) is 25.8. The van der Waals surface area contributed by atoms with Crippen molar-refractivity contribution in [3.63, 3.8) is 0 Å². The van der Waals surface area contributed by atoms with E-state index < -0.39 is 11.9 Å². The molecule has 0 radical (unpaired) electrons. The van der Waals surface area contributed by atoms with Crippen molar-refractivity contribution in [1.29, 1.82) is 0 Å². The summed E-state index contributed by atoms with van der Waals surface area (Å²) in [5, 5.41) is 7.72. The summed E-state index contributed by atoms with van der Waals surface area (Å²) in [4.78, 5) is 50.6. The van der Waals surface area contributed by atoms with Gasteiger partial charge in [0.25, 0.3) is 0 Å². The van der Waals surface area contributed by atoms with E-state index in [1.165, 1.54) is 11.1 Å². The molecule has 0 spiro atoms. The molecule has 0 saturated heterocycles. The Morgan fingerprint density at radius 2 is 1.65 bits per heavy atom. The van der Waals surface area contributed by atoms with Crippen molar-refractivity contribution < 1.29 is 24.2 Å². The predicted octanol–water partition coefficient (Wildman–Crippen LogP) is 7.23. The number of nitrogens with one attached hydrogen (secondary N) is 2. The maximum Gasteiger partial charge on any atom is 0.349 e. The van der Waals surface area contributed by atoms with Gasteiger partial charge in [0.15, 0.2) is 0 Å². The molecule has 5 rings (SSSR count). The van der Waals surface area contributed by atoms with E-state index in [2.05, 4.69) is 50.3 Å². The van der Waals surface area contributed by atoms with Crippen LogP contribution in [0.5, 0.6) is 0 Å². The number of allylic oxidation sites excluding steroid dienone is 2. The molecule has 0 amide bonds. The lowest BCUT2D eigenvalue weighted by atomic mass is 9.99. The molecule has 1 atom stereocenters. The average molecular weight is 583 g/mol. The highest BCUT2D eigenvalue weighted by Crippen LogP contribution is 2.35. The molecule has 0 aromatic carbocycles. The lowest BCUT2D eigenvalue weighted by Crippen LogP contribution is -2.10. The molecule has 0 fully saturated rings. The van der Waals surface area contributed by atoms with Crippen LogP contribution in [0.3, 0.4) is 0 Å². The number of ether oxygens (including phenoxy) is 1. The summed E-state index contributed by atoms with van der Waals surface area (Å²) >= 11 is 0. The molecule has 224 valence electrons. The number of aryl methyl sites for hydroxylation is 3. The molecule has 2 aliphatic heterocycles. The van der Waals surface area contributed by atoms with Gasteiger partial charge < -0.3 is 19.8 Å². The Morgan fingerprint density at radius 3 is 2.26 bits per heavy atom. The van der Waals surface area contributed by atoms with Crippen molar-refractivity contribution >= 4 is 57.7 Å². The van der Waals surface area contributed by atoms with Crippen molar-refractivity contribution in [2.45, 2.75) is 73.6 Å². The van der Waals surface area contributed by atoms with Crippen LogP contribution in [-0.2, 0) is 27.2 Å². The normalized spacial score (nSPS) is 14.2. The molecule has 5 heterocycles. The van der Waals surface area contributed by atoms with Crippen molar-refractivity contribution in [1.82, 2.24) is 19.9 Å². The van der Waals surface area contributed by atoms with Crippen LogP contribution in [0, 0.1) is 13.8 Å². The first kappa shape index (κ1) is 31.2. The molecule has 9 nitrogen and oxygen atoms in total. The predicted molar refractivity (Wildman–Crippen MR) is 170 cm³/mol. The van der Waals surface area contributed by atoms with Gasteiger partial charge in [0.05, 0.1) is 17.1 Å². The number of rotatable bonds is 5. The van der Waals surface area contributed by atoms with Crippen molar-refractivity contribution in [2.75, 3.05) is 0 Å². The Labute approximate surface area is 250 Å². The molecule has 9 heteroatoms. The zero-order valence-electron chi connectivity index (χ0n) is 25.8. The number of hydrogen-bond acceptors (Lipinski definition) is 6. The molecular formula is C34H38N4O5. The van der Waals surface area contributed by atoms with E-state index in [9.17, 15) is 14.4 Å². The van der Waals surface area contributed by atoms with Gasteiger partial charge in [0, 0.05) is 45.7 Å². The fourth-order valence-corrected chi connectivity index (χ4v) is 5.54. The molecule has 3 aromatic rings. The van der Waals surface area contributed by atoms with Crippen LogP contribution >= 0.6 is 0 Å². The molecule has 43 heavy (non-hydrogen) atoms. The number of esters is 1. The van der Waals surface area contributed by atoms with E-state index in [1.54, 1.807) is 6.92 Å². The van der Waals surface area contributed by atoms with Crippen LogP contribution in [0.4, 0.5) is 0 Å². The molecule has 3 aromatic heterocycles. The number of nitrogens with zero attached hydrogens (tertiary/aromatic N) is 2. The summed E-state index contributed by atoms with van der Waals surface area (Å²) in [7, 11) is 0. The minimum Gasteiger partial charge on any atom is -0.481 e. The number of carboxylic acid groups (broad SMARTS) is 1. The van der Waals surface area contributed by atoms with Gasteiger partial charge in [-0.05, 0) is 86.6 Å². The zero-order chi connectivity index (χ0) is 31.6. The summed E-state index contributed by atoms with van der Waals surface area (Å²) in [6.45, 7) is 18.1. The van der Waals surface area contributed by atoms with E-state index in [1.807, 2.05) is 32.1 Å². The second kappa shape index (κ2) is 12.6. The summed E-state index contributed by atoms with van der Waals surface area (Å²) < 4.78 is 4.85. The summed E-state index contributed by atoms with van der Waals surface area (Å²) in [5.41, 5.74) is 13.1. The van der Waals surface area contributed by atoms with Crippen LogP contribution < -0.4 is 0 Å². The lowest BCUT2D eigenvalue weighted by molar-refractivity contribution is -0.136. The Balaban J connectivity index is 0.000000782. The van der Waals surface area contributed by atoms with Crippen molar-refractivity contribution in [3.05, 3.63) is 75.4 Å². The maximum atomic E-state index is 13.1.